The van der Waals surface area contributed by atoms with Gasteiger partial charge in [-0.15, -0.1) is 0 Å². The molecule has 0 aliphatic rings. The first-order valence-electron chi connectivity index (χ1n) is 2.21. The van der Waals surface area contributed by atoms with Crippen molar-refractivity contribution in [2.24, 2.45) is 5.73 Å². The maximum Gasteiger partial charge on any atom is 0.267 e. The lowest BCUT2D eigenvalue weighted by Gasteiger charge is -2.18. The Morgan fingerprint density at radius 3 is 2.12 bits per heavy atom. The summed E-state index contributed by atoms with van der Waals surface area (Å²) in [6.07, 6.45) is -2.76. The summed E-state index contributed by atoms with van der Waals surface area (Å²) >= 11 is 0. The summed E-state index contributed by atoms with van der Waals surface area (Å²) in [5, 5.41) is 8.53. The van der Waals surface area contributed by atoms with Crippen LogP contribution in [-0.2, 0) is 0 Å². The summed E-state index contributed by atoms with van der Waals surface area (Å²) in [5.41, 5.74) is 2.76. The van der Waals surface area contributed by atoms with Gasteiger partial charge >= 0.3 is 0 Å². The fraction of sp³-hybridized carbons (Fsp3) is 1.00. The van der Waals surface area contributed by atoms with E-state index in [0.29, 0.717) is 0 Å². The lowest BCUT2D eigenvalue weighted by atomic mass is 10.1. The molecule has 0 aliphatic heterocycles. The number of rotatable bonds is 2. The molecular formula is C4H9F2NO. The van der Waals surface area contributed by atoms with Gasteiger partial charge < -0.3 is 10.8 Å². The van der Waals surface area contributed by atoms with Gasteiger partial charge in [-0.25, -0.2) is 8.78 Å². The van der Waals surface area contributed by atoms with Gasteiger partial charge in [-0.2, -0.15) is 0 Å². The summed E-state index contributed by atoms with van der Waals surface area (Å²) < 4.78 is 23.0. The first-order chi connectivity index (χ1) is 3.50. The predicted octanol–water partition coefficient (Wildman–Crippen LogP) is -0.0388. The van der Waals surface area contributed by atoms with Crippen molar-refractivity contribution in [3.63, 3.8) is 0 Å². The van der Waals surface area contributed by atoms with Crippen LogP contribution >= 0.6 is 0 Å². The second-order valence-corrected chi connectivity index (χ2v) is 1.86. The van der Waals surface area contributed by atoms with Crippen molar-refractivity contribution in [2.75, 3.05) is 6.54 Å². The molecule has 0 saturated carbocycles. The van der Waals surface area contributed by atoms with Crippen molar-refractivity contribution in [1.29, 1.82) is 0 Å². The van der Waals surface area contributed by atoms with Gasteiger partial charge in [0.05, 0.1) is 0 Å². The molecule has 1 atom stereocenters. The monoisotopic (exact) mass is 125 g/mol. The van der Waals surface area contributed by atoms with Gasteiger partial charge in [0, 0.05) is 6.54 Å². The zero-order valence-corrected chi connectivity index (χ0v) is 4.56. The van der Waals surface area contributed by atoms with Crippen LogP contribution in [0.2, 0.25) is 0 Å². The molecule has 8 heavy (non-hydrogen) atoms. The van der Waals surface area contributed by atoms with Gasteiger partial charge in [0.1, 0.15) is 5.60 Å². The molecule has 0 aromatic rings. The molecule has 1 unspecified atom stereocenters. The average molecular weight is 125 g/mol. The Morgan fingerprint density at radius 2 is 2.12 bits per heavy atom. The molecular weight excluding hydrogens is 116 g/mol. The van der Waals surface area contributed by atoms with Crippen LogP contribution in [0.5, 0.6) is 0 Å². The van der Waals surface area contributed by atoms with E-state index in [2.05, 4.69) is 0 Å². The van der Waals surface area contributed by atoms with Crippen LogP contribution in [0.1, 0.15) is 6.92 Å². The molecule has 3 N–H and O–H groups in total. The van der Waals surface area contributed by atoms with Crippen LogP contribution in [0, 0.1) is 0 Å². The van der Waals surface area contributed by atoms with Crippen LogP contribution in [0.15, 0.2) is 0 Å². The Bertz CT molecular complexity index is 74.4. The van der Waals surface area contributed by atoms with Crippen LogP contribution in [0.25, 0.3) is 0 Å². The summed E-state index contributed by atoms with van der Waals surface area (Å²) in [6.45, 7) is 0.586. The summed E-state index contributed by atoms with van der Waals surface area (Å²) in [5.74, 6) is 0. The molecule has 0 saturated heterocycles. The van der Waals surface area contributed by atoms with E-state index in [0.717, 1.165) is 6.92 Å². The van der Waals surface area contributed by atoms with Crippen molar-refractivity contribution in [2.45, 2.75) is 19.0 Å². The van der Waals surface area contributed by atoms with E-state index in [9.17, 15) is 8.78 Å². The highest BCUT2D eigenvalue weighted by atomic mass is 19.3. The normalized spacial score (nSPS) is 18.8. The highest BCUT2D eigenvalue weighted by Crippen LogP contribution is 2.11. The third-order valence-electron chi connectivity index (χ3n) is 0.883. The number of nitrogens with two attached hydrogens (primary N) is 1. The Balaban J connectivity index is 3.71. The number of alkyl halides is 2. The van der Waals surface area contributed by atoms with Crippen molar-refractivity contribution in [3.8, 4) is 0 Å². The topological polar surface area (TPSA) is 46.2 Å². The van der Waals surface area contributed by atoms with E-state index in [1.165, 1.54) is 0 Å². The summed E-state index contributed by atoms with van der Waals surface area (Å²) in [7, 11) is 0. The standard InChI is InChI=1S/C4H9F2NO/c1-4(8,2-7)3(5)6/h3,8H,2,7H2,1H3. The molecule has 0 aromatic heterocycles. The Morgan fingerprint density at radius 1 is 1.75 bits per heavy atom. The lowest BCUT2D eigenvalue weighted by molar-refractivity contribution is -0.0758. The second kappa shape index (κ2) is 2.37. The number of hydrogen-bond acceptors (Lipinski definition) is 2. The van der Waals surface area contributed by atoms with Crippen molar-refractivity contribution in [3.05, 3.63) is 0 Å². The minimum Gasteiger partial charge on any atom is -0.383 e. The van der Waals surface area contributed by atoms with Crippen LogP contribution in [0.4, 0.5) is 8.78 Å². The summed E-state index contributed by atoms with van der Waals surface area (Å²) in [4.78, 5) is 0. The number of aliphatic hydroxyl groups is 1. The van der Waals surface area contributed by atoms with Gasteiger partial charge in [0.2, 0.25) is 0 Å². The fourth-order valence-corrected chi connectivity index (χ4v) is 0.0891. The van der Waals surface area contributed by atoms with Crippen LogP contribution < -0.4 is 5.73 Å². The maximum atomic E-state index is 11.5. The SMILES string of the molecule is CC(O)(CN)C(F)F. The first kappa shape index (κ1) is 7.78. The van der Waals surface area contributed by atoms with E-state index < -0.39 is 18.6 Å². The first-order valence-corrected chi connectivity index (χ1v) is 2.21. The largest absolute Gasteiger partial charge is 0.383 e. The molecule has 0 heterocycles. The predicted molar refractivity (Wildman–Crippen MR) is 25.7 cm³/mol. The molecule has 0 aromatic carbocycles. The lowest BCUT2D eigenvalue weighted by Crippen LogP contribution is -2.41. The average Bonchev–Trinajstić information content (AvgIpc) is 1.67. The van der Waals surface area contributed by atoms with E-state index in [-0.39, 0.29) is 0 Å². The van der Waals surface area contributed by atoms with Gasteiger partial charge in [-0.1, -0.05) is 0 Å². The van der Waals surface area contributed by atoms with Crippen LogP contribution in [0.3, 0.4) is 0 Å². The number of halogens is 2. The Kier molecular flexibility index (Phi) is 2.30. The Labute approximate surface area is 46.3 Å². The second-order valence-electron chi connectivity index (χ2n) is 1.86. The molecule has 0 spiro atoms. The van der Waals surface area contributed by atoms with Gasteiger partial charge in [-0.05, 0) is 6.92 Å². The minimum absolute atomic E-state index is 0.412. The van der Waals surface area contributed by atoms with E-state index in [4.69, 9.17) is 10.8 Å². The third-order valence-corrected chi connectivity index (χ3v) is 0.883. The summed E-state index contributed by atoms with van der Waals surface area (Å²) in [6, 6.07) is 0. The molecule has 50 valence electrons. The molecule has 0 amide bonds. The van der Waals surface area contributed by atoms with Gasteiger partial charge in [0.25, 0.3) is 6.43 Å². The van der Waals surface area contributed by atoms with E-state index in [1.807, 2.05) is 0 Å². The van der Waals surface area contributed by atoms with Crippen molar-refractivity contribution < 1.29 is 13.9 Å². The molecule has 0 rings (SSSR count). The third kappa shape index (κ3) is 1.71. The van der Waals surface area contributed by atoms with Crippen molar-refractivity contribution >= 4 is 0 Å². The zero-order chi connectivity index (χ0) is 6.78. The Hall–Kier alpha value is -0.220. The minimum atomic E-state index is -2.76. The van der Waals surface area contributed by atoms with Gasteiger partial charge in [0.15, 0.2) is 0 Å². The van der Waals surface area contributed by atoms with Gasteiger partial charge in [-0.3, -0.25) is 0 Å². The zero-order valence-electron chi connectivity index (χ0n) is 4.56. The van der Waals surface area contributed by atoms with Crippen molar-refractivity contribution in [1.82, 2.24) is 0 Å². The smallest absolute Gasteiger partial charge is 0.267 e. The molecule has 0 bridgehead atoms. The fourth-order valence-electron chi connectivity index (χ4n) is 0.0891. The molecule has 2 nitrogen and oxygen atoms in total. The molecule has 4 heteroatoms. The highest BCUT2D eigenvalue weighted by molar-refractivity contribution is 4.75. The number of hydrogen-bond donors (Lipinski definition) is 2. The van der Waals surface area contributed by atoms with Crippen LogP contribution in [-0.4, -0.2) is 23.7 Å². The molecule has 0 aliphatic carbocycles. The maximum absolute atomic E-state index is 11.5. The molecule has 0 radical (unpaired) electrons. The van der Waals surface area contributed by atoms with E-state index in [1.54, 1.807) is 0 Å². The quantitative estimate of drug-likeness (QED) is 0.544. The molecule has 0 fully saturated rings. The van der Waals surface area contributed by atoms with E-state index >= 15 is 0 Å². The highest BCUT2D eigenvalue weighted by Gasteiger charge is 2.29.